The van der Waals surface area contributed by atoms with Crippen LogP contribution in [0.25, 0.3) is 0 Å². The molecule has 2 aromatic rings. The lowest BCUT2D eigenvalue weighted by Crippen LogP contribution is -2.22. The number of halogens is 4. The number of carbonyl (C=O) groups excluding carboxylic acids is 3. The Morgan fingerprint density at radius 2 is 1.61 bits per heavy atom. The van der Waals surface area contributed by atoms with E-state index in [1.807, 2.05) is 0 Å². The zero-order valence-electron chi connectivity index (χ0n) is 17.5. The fourth-order valence-corrected chi connectivity index (χ4v) is 2.71. The lowest BCUT2D eigenvalue weighted by atomic mass is 10.2. The van der Waals surface area contributed by atoms with Crippen LogP contribution in [0.4, 0.5) is 24.5 Å². The van der Waals surface area contributed by atoms with Crippen molar-refractivity contribution < 1.29 is 41.8 Å². The van der Waals surface area contributed by atoms with E-state index >= 15 is 0 Å². The molecule has 0 bridgehead atoms. The summed E-state index contributed by atoms with van der Waals surface area (Å²) in [5.74, 6) is -1.43. The van der Waals surface area contributed by atoms with Gasteiger partial charge in [-0.2, -0.15) is 13.2 Å². The predicted molar refractivity (Wildman–Crippen MR) is 113 cm³/mol. The van der Waals surface area contributed by atoms with Gasteiger partial charge in [-0.3, -0.25) is 14.4 Å². The molecule has 0 saturated heterocycles. The molecule has 12 heteroatoms. The third-order valence-electron chi connectivity index (χ3n) is 4.17. The molecule has 33 heavy (non-hydrogen) atoms. The van der Waals surface area contributed by atoms with E-state index in [1.54, 1.807) is 12.1 Å². The number of ether oxygens (including phenoxy) is 3. The lowest BCUT2D eigenvalue weighted by Gasteiger charge is -2.12. The number of hydrogen-bond acceptors (Lipinski definition) is 6. The minimum atomic E-state index is -4.61. The first-order valence-corrected chi connectivity index (χ1v) is 9.75. The summed E-state index contributed by atoms with van der Waals surface area (Å²) in [5, 5.41) is 4.63. The van der Waals surface area contributed by atoms with Gasteiger partial charge >= 0.3 is 12.1 Å². The summed E-state index contributed by atoms with van der Waals surface area (Å²) in [6, 6.07) is 7.20. The molecular formula is C21H20ClF3N2O6. The van der Waals surface area contributed by atoms with Crippen molar-refractivity contribution in [3.63, 3.8) is 0 Å². The highest BCUT2D eigenvalue weighted by Crippen LogP contribution is 2.34. The second-order valence-corrected chi connectivity index (χ2v) is 6.92. The van der Waals surface area contributed by atoms with Gasteiger partial charge in [-0.1, -0.05) is 11.6 Å². The highest BCUT2D eigenvalue weighted by atomic mass is 35.5. The van der Waals surface area contributed by atoms with E-state index in [0.29, 0.717) is 23.3 Å². The van der Waals surface area contributed by atoms with Crippen LogP contribution in [0.2, 0.25) is 5.02 Å². The topological polar surface area (TPSA) is 103 Å². The van der Waals surface area contributed by atoms with Gasteiger partial charge in [-0.25, -0.2) is 0 Å². The van der Waals surface area contributed by atoms with Gasteiger partial charge in [0.25, 0.3) is 5.91 Å². The summed E-state index contributed by atoms with van der Waals surface area (Å²) >= 11 is 5.81. The van der Waals surface area contributed by atoms with Crippen LogP contribution in [-0.2, 0) is 25.3 Å². The van der Waals surface area contributed by atoms with Gasteiger partial charge in [0, 0.05) is 12.5 Å². The summed E-state index contributed by atoms with van der Waals surface area (Å²) < 4.78 is 53.4. The normalized spacial score (nSPS) is 10.8. The number of nitrogens with one attached hydrogen (secondary N) is 2. The molecular weight excluding hydrogens is 469 g/mol. The molecule has 0 saturated carbocycles. The Morgan fingerprint density at radius 1 is 0.909 bits per heavy atom. The van der Waals surface area contributed by atoms with E-state index in [-0.39, 0.29) is 10.7 Å². The average Bonchev–Trinajstić information content (AvgIpc) is 2.76. The summed E-state index contributed by atoms with van der Waals surface area (Å²) in [7, 11) is 2.86. The molecule has 0 atom stereocenters. The molecule has 0 spiro atoms. The summed E-state index contributed by atoms with van der Waals surface area (Å²) in [5.41, 5.74) is -0.924. The summed E-state index contributed by atoms with van der Waals surface area (Å²) in [6.07, 6.45) is -5.40. The average molecular weight is 489 g/mol. The highest BCUT2D eigenvalue weighted by molar-refractivity contribution is 6.33. The van der Waals surface area contributed by atoms with E-state index in [0.717, 1.165) is 12.1 Å². The fraction of sp³-hybridized carbons (Fsp3) is 0.286. The third kappa shape index (κ3) is 7.86. The van der Waals surface area contributed by atoms with Crippen LogP contribution in [0.5, 0.6) is 11.5 Å². The number of hydrogen-bond donors (Lipinski definition) is 2. The zero-order chi connectivity index (χ0) is 24.6. The van der Waals surface area contributed by atoms with E-state index in [1.165, 1.54) is 20.3 Å². The molecule has 2 rings (SSSR count). The second-order valence-electron chi connectivity index (χ2n) is 6.52. The van der Waals surface area contributed by atoms with Crippen molar-refractivity contribution in [2.24, 2.45) is 0 Å². The Morgan fingerprint density at radius 3 is 2.24 bits per heavy atom. The molecule has 0 aliphatic heterocycles. The summed E-state index contributed by atoms with van der Waals surface area (Å²) in [6.45, 7) is -0.625. The minimum absolute atomic E-state index is 0.0939. The highest BCUT2D eigenvalue weighted by Gasteiger charge is 2.31. The van der Waals surface area contributed by atoms with Crippen LogP contribution in [0.15, 0.2) is 36.4 Å². The van der Waals surface area contributed by atoms with Gasteiger partial charge in [0.1, 0.15) is 11.5 Å². The molecule has 0 aliphatic carbocycles. The van der Waals surface area contributed by atoms with Crippen LogP contribution in [0.1, 0.15) is 18.4 Å². The number of esters is 1. The van der Waals surface area contributed by atoms with Crippen LogP contribution in [0.3, 0.4) is 0 Å². The Bertz CT molecular complexity index is 1030. The van der Waals surface area contributed by atoms with Gasteiger partial charge in [0.15, 0.2) is 6.61 Å². The molecule has 0 heterocycles. The molecule has 2 N–H and O–H groups in total. The van der Waals surface area contributed by atoms with E-state index < -0.39 is 49.0 Å². The smallest absolute Gasteiger partial charge is 0.416 e. The van der Waals surface area contributed by atoms with Crippen molar-refractivity contribution in [3.8, 4) is 11.5 Å². The number of benzene rings is 2. The quantitative estimate of drug-likeness (QED) is 0.511. The maximum atomic E-state index is 12.8. The SMILES string of the molecule is COc1ccc(OC)c(NC(=O)COC(=O)CCC(=O)Nc2cc(C(F)(F)F)ccc2Cl)c1. The minimum Gasteiger partial charge on any atom is -0.497 e. The third-order valence-corrected chi connectivity index (χ3v) is 4.50. The van der Waals surface area contributed by atoms with Crippen LogP contribution in [-0.4, -0.2) is 38.6 Å². The Balaban J connectivity index is 1.83. The molecule has 0 aliphatic rings. The molecule has 0 aromatic heterocycles. The van der Waals surface area contributed by atoms with Gasteiger partial charge in [0.05, 0.1) is 42.6 Å². The Kier molecular flexibility index (Phi) is 8.92. The maximum Gasteiger partial charge on any atom is 0.416 e. The van der Waals surface area contributed by atoms with Gasteiger partial charge in [-0.05, 0) is 30.3 Å². The predicted octanol–water partition coefficient (Wildman–Crippen LogP) is 4.28. The van der Waals surface area contributed by atoms with Crippen molar-refractivity contribution in [3.05, 3.63) is 47.0 Å². The Labute approximate surface area is 191 Å². The number of rotatable bonds is 9. The number of amides is 2. The molecule has 178 valence electrons. The molecule has 0 radical (unpaired) electrons. The van der Waals surface area contributed by atoms with E-state index in [2.05, 4.69) is 10.6 Å². The van der Waals surface area contributed by atoms with Crippen molar-refractivity contribution in [1.82, 2.24) is 0 Å². The first kappa shape index (κ1) is 25.8. The van der Waals surface area contributed by atoms with Crippen LogP contribution < -0.4 is 20.1 Å². The van der Waals surface area contributed by atoms with Crippen LogP contribution in [0, 0.1) is 0 Å². The number of anilines is 2. The van der Waals surface area contributed by atoms with Crippen molar-refractivity contribution >= 4 is 40.8 Å². The summed E-state index contributed by atoms with van der Waals surface area (Å²) in [4.78, 5) is 35.9. The molecule has 8 nitrogen and oxygen atoms in total. The number of carbonyl (C=O) groups is 3. The number of methoxy groups -OCH3 is 2. The maximum absolute atomic E-state index is 12.8. The van der Waals surface area contributed by atoms with Crippen molar-refractivity contribution in [1.29, 1.82) is 0 Å². The molecule has 2 amide bonds. The van der Waals surface area contributed by atoms with Crippen molar-refractivity contribution in [2.75, 3.05) is 31.5 Å². The standard InChI is InChI=1S/C21H20ClF3N2O6/c1-31-13-4-6-17(32-2)16(10-13)27-19(29)11-33-20(30)8-7-18(28)26-15-9-12(21(23,24)25)3-5-14(15)22/h3-6,9-10H,7-8,11H2,1-2H3,(H,26,28)(H,27,29). The van der Waals surface area contributed by atoms with Gasteiger partial charge in [-0.15, -0.1) is 0 Å². The molecule has 0 fully saturated rings. The second kappa shape index (κ2) is 11.4. The van der Waals surface area contributed by atoms with Crippen LogP contribution >= 0.6 is 11.6 Å². The van der Waals surface area contributed by atoms with E-state index in [9.17, 15) is 27.6 Å². The molecule has 2 aromatic carbocycles. The zero-order valence-corrected chi connectivity index (χ0v) is 18.3. The lowest BCUT2D eigenvalue weighted by molar-refractivity contribution is -0.147. The monoisotopic (exact) mass is 488 g/mol. The Hall–Kier alpha value is -3.47. The van der Waals surface area contributed by atoms with Crippen molar-refractivity contribution in [2.45, 2.75) is 19.0 Å². The number of alkyl halides is 3. The first-order chi connectivity index (χ1) is 15.5. The van der Waals surface area contributed by atoms with Gasteiger partial charge in [0.2, 0.25) is 5.91 Å². The van der Waals surface area contributed by atoms with E-state index in [4.69, 9.17) is 25.8 Å². The largest absolute Gasteiger partial charge is 0.497 e. The first-order valence-electron chi connectivity index (χ1n) is 9.37. The molecule has 0 unspecified atom stereocenters. The van der Waals surface area contributed by atoms with Gasteiger partial charge < -0.3 is 24.8 Å². The fourth-order valence-electron chi connectivity index (χ4n) is 2.54.